The molecule has 2 rings (SSSR count). The number of nitrogens with one attached hydrogen (secondary N) is 1. The summed E-state index contributed by atoms with van der Waals surface area (Å²) in [5.41, 5.74) is 0.993. The van der Waals surface area contributed by atoms with Gasteiger partial charge >= 0.3 is 0 Å². The number of benzene rings is 1. The minimum absolute atomic E-state index is 0.0562. The van der Waals surface area contributed by atoms with Crippen LogP contribution >= 0.6 is 23.4 Å². The van der Waals surface area contributed by atoms with Gasteiger partial charge in [-0.3, -0.25) is 4.79 Å². The largest absolute Gasteiger partial charge is 0.351 e. The van der Waals surface area contributed by atoms with E-state index in [0.717, 1.165) is 5.56 Å². The summed E-state index contributed by atoms with van der Waals surface area (Å²) in [6, 6.07) is 7.30. The van der Waals surface area contributed by atoms with Gasteiger partial charge < -0.3 is 5.32 Å². The van der Waals surface area contributed by atoms with Crippen LogP contribution in [0.2, 0.25) is 5.02 Å². The minimum Gasteiger partial charge on any atom is -0.351 e. The Morgan fingerprint density at radius 3 is 2.81 bits per heavy atom. The van der Waals surface area contributed by atoms with Gasteiger partial charge in [-0.2, -0.15) is 0 Å². The Bertz CT molecular complexity index is 618. The number of hydrogen-bond acceptors (Lipinski definition) is 4. The Morgan fingerprint density at radius 1 is 1.48 bits per heavy atom. The second-order valence-electron chi connectivity index (χ2n) is 5.15. The van der Waals surface area contributed by atoms with E-state index in [1.165, 1.54) is 11.8 Å². The summed E-state index contributed by atoms with van der Waals surface area (Å²) in [5.74, 6) is 0.755. The average molecular weight is 348 g/mol. The van der Waals surface area contributed by atoms with E-state index in [9.17, 15) is 13.2 Å². The Balaban J connectivity index is 1.82. The van der Waals surface area contributed by atoms with Crippen LogP contribution in [0.5, 0.6) is 0 Å². The summed E-state index contributed by atoms with van der Waals surface area (Å²) in [7, 11) is -2.97. The number of carbonyl (C=O) groups excluding carboxylic acids is 1. The van der Waals surface area contributed by atoms with E-state index >= 15 is 0 Å². The molecule has 1 heterocycles. The van der Waals surface area contributed by atoms with Crippen molar-refractivity contribution in [3.63, 3.8) is 0 Å². The van der Waals surface area contributed by atoms with Gasteiger partial charge in [0.2, 0.25) is 5.91 Å². The number of halogens is 1. The molecule has 1 amide bonds. The van der Waals surface area contributed by atoms with Crippen LogP contribution in [0.15, 0.2) is 24.3 Å². The van der Waals surface area contributed by atoms with Crippen LogP contribution in [0.1, 0.15) is 18.9 Å². The van der Waals surface area contributed by atoms with Crippen molar-refractivity contribution in [1.29, 1.82) is 0 Å². The highest BCUT2D eigenvalue weighted by Gasteiger charge is 2.29. The molecule has 1 N–H and O–H groups in total. The molecule has 116 valence electrons. The lowest BCUT2D eigenvalue weighted by atomic mass is 10.2. The molecule has 0 radical (unpaired) electrons. The van der Waals surface area contributed by atoms with Crippen molar-refractivity contribution in [2.24, 2.45) is 0 Å². The molecule has 1 saturated heterocycles. The quantitative estimate of drug-likeness (QED) is 0.887. The first-order chi connectivity index (χ1) is 9.87. The maximum atomic E-state index is 12.1. The SMILES string of the molecule is CC(SCc1ccccc1Cl)C(=O)NC1CCS(=O)(=O)C1. The third kappa shape index (κ3) is 4.90. The summed E-state index contributed by atoms with van der Waals surface area (Å²) < 4.78 is 22.7. The van der Waals surface area contributed by atoms with Crippen molar-refractivity contribution in [2.75, 3.05) is 11.5 Å². The standard InChI is InChI=1S/C14H18ClNO3S2/c1-10(20-8-11-4-2-3-5-13(11)15)14(17)16-12-6-7-21(18,19)9-12/h2-5,10,12H,6-9H2,1H3,(H,16,17). The predicted octanol–water partition coefficient (Wildman–Crippen LogP) is 2.27. The number of amides is 1. The van der Waals surface area contributed by atoms with Crippen LogP contribution in [0.3, 0.4) is 0 Å². The van der Waals surface area contributed by atoms with Crippen LogP contribution in [-0.2, 0) is 20.4 Å². The van der Waals surface area contributed by atoms with Gasteiger partial charge in [0.05, 0.1) is 16.8 Å². The van der Waals surface area contributed by atoms with Crippen LogP contribution in [0, 0.1) is 0 Å². The van der Waals surface area contributed by atoms with E-state index in [2.05, 4.69) is 5.32 Å². The first-order valence-electron chi connectivity index (χ1n) is 6.73. The Morgan fingerprint density at radius 2 is 2.19 bits per heavy atom. The molecule has 7 heteroatoms. The van der Waals surface area contributed by atoms with Crippen molar-refractivity contribution < 1.29 is 13.2 Å². The Hall–Kier alpha value is -0.720. The highest BCUT2D eigenvalue weighted by Crippen LogP contribution is 2.24. The zero-order valence-corrected chi connectivity index (χ0v) is 14.1. The predicted molar refractivity (Wildman–Crippen MR) is 87.4 cm³/mol. The lowest BCUT2D eigenvalue weighted by Gasteiger charge is -2.16. The topological polar surface area (TPSA) is 63.2 Å². The molecule has 2 atom stereocenters. The minimum atomic E-state index is -2.97. The second kappa shape index (κ2) is 7.03. The van der Waals surface area contributed by atoms with E-state index in [-0.39, 0.29) is 28.7 Å². The van der Waals surface area contributed by atoms with E-state index < -0.39 is 9.84 Å². The summed E-state index contributed by atoms with van der Waals surface area (Å²) in [5, 5.41) is 3.26. The molecule has 1 aromatic carbocycles. The van der Waals surface area contributed by atoms with E-state index in [4.69, 9.17) is 11.6 Å². The lowest BCUT2D eigenvalue weighted by molar-refractivity contribution is -0.120. The molecule has 1 fully saturated rings. The lowest BCUT2D eigenvalue weighted by Crippen LogP contribution is -2.40. The average Bonchev–Trinajstić information content (AvgIpc) is 2.76. The highest BCUT2D eigenvalue weighted by atomic mass is 35.5. The Labute approximate surface area is 134 Å². The van der Waals surface area contributed by atoms with Crippen LogP contribution in [0.25, 0.3) is 0 Å². The van der Waals surface area contributed by atoms with Crippen LogP contribution in [0.4, 0.5) is 0 Å². The molecule has 21 heavy (non-hydrogen) atoms. The third-order valence-electron chi connectivity index (χ3n) is 3.39. The summed E-state index contributed by atoms with van der Waals surface area (Å²) >= 11 is 7.56. The number of rotatable bonds is 5. The molecule has 1 aliphatic heterocycles. The van der Waals surface area contributed by atoms with Gasteiger partial charge in [-0.05, 0) is 25.0 Å². The normalized spacial score (nSPS) is 21.9. The fraction of sp³-hybridized carbons (Fsp3) is 0.500. The summed E-state index contributed by atoms with van der Waals surface area (Å²) in [6.45, 7) is 1.82. The molecule has 0 spiro atoms. The summed E-state index contributed by atoms with van der Waals surface area (Å²) in [4.78, 5) is 12.1. The molecule has 1 aliphatic rings. The second-order valence-corrected chi connectivity index (χ2v) is 9.12. The van der Waals surface area contributed by atoms with Crippen LogP contribution < -0.4 is 5.32 Å². The fourth-order valence-corrected chi connectivity index (χ4v) is 4.99. The van der Waals surface area contributed by atoms with Crippen LogP contribution in [-0.4, -0.2) is 37.1 Å². The van der Waals surface area contributed by atoms with Crippen molar-refractivity contribution >= 4 is 39.1 Å². The van der Waals surface area contributed by atoms with Gasteiger partial charge in [0.15, 0.2) is 9.84 Å². The smallest absolute Gasteiger partial charge is 0.233 e. The first-order valence-corrected chi connectivity index (χ1v) is 9.98. The van der Waals surface area contributed by atoms with Gasteiger partial charge in [-0.15, -0.1) is 11.8 Å². The molecule has 0 bridgehead atoms. The highest BCUT2D eigenvalue weighted by molar-refractivity contribution is 7.99. The molecular formula is C14H18ClNO3S2. The molecule has 2 unspecified atom stereocenters. The molecule has 0 aromatic heterocycles. The number of thioether (sulfide) groups is 1. The number of sulfone groups is 1. The zero-order chi connectivity index (χ0) is 15.5. The Kier molecular flexibility index (Phi) is 5.57. The first kappa shape index (κ1) is 16.6. The fourth-order valence-electron chi connectivity index (χ4n) is 2.13. The van der Waals surface area contributed by atoms with E-state index in [0.29, 0.717) is 17.2 Å². The maximum absolute atomic E-state index is 12.1. The maximum Gasteiger partial charge on any atom is 0.233 e. The zero-order valence-electron chi connectivity index (χ0n) is 11.7. The van der Waals surface area contributed by atoms with Crippen molar-refractivity contribution in [3.8, 4) is 0 Å². The third-order valence-corrected chi connectivity index (χ3v) is 6.72. The van der Waals surface area contributed by atoms with Gasteiger partial charge in [-0.25, -0.2) is 8.42 Å². The monoisotopic (exact) mass is 347 g/mol. The number of hydrogen-bond donors (Lipinski definition) is 1. The van der Waals surface area contributed by atoms with Gasteiger partial charge in [0.25, 0.3) is 0 Å². The number of carbonyl (C=O) groups is 1. The summed E-state index contributed by atoms with van der Waals surface area (Å²) in [6.07, 6.45) is 0.510. The van der Waals surface area contributed by atoms with Crippen molar-refractivity contribution in [1.82, 2.24) is 5.32 Å². The molecule has 0 saturated carbocycles. The van der Waals surface area contributed by atoms with Gasteiger partial charge in [0, 0.05) is 16.8 Å². The molecule has 1 aromatic rings. The molecular weight excluding hydrogens is 330 g/mol. The van der Waals surface area contributed by atoms with Crippen molar-refractivity contribution in [3.05, 3.63) is 34.9 Å². The van der Waals surface area contributed by atoms with E-state index in [1.54, 1.807) is 0 Å². The van der Waals surface area contributed by atoms with Gasteiger partial charge in [-0.1, -0.05) is 29.8 Å². The molecule has 4 nitrogen and oxygen atoms in total. The molecule has 0 aliphatic carbocycles. The van der Waals surface area contributed by atoms with Gasteiger partial charge in [0.1, 0.15) is 0 Å². The van der Waals surface area contributed by atoms with Crippen molar-refractivity contribution in [2.45, 2.75) is 30.4 Å². The van der Waals surface area contributed by atoms with E-state index in [1.807, 2.05) is 31.2 Å².